The molecule has 3 aromatic rings. The normalized spacial score (nSPS) is 20.6. The second-order valence-corrected chi connectivity index (χ2v) is 11.7. The molecule has 44 heavy (non-hydrogen) atoms. The summed E-state index contributed by atoms with van der Waals surface area (Å²) in [5.41, 5.74) is 7.53. The van der Waals surface area contributed by atoms with Crippen LogP contribution in [0, 0.1) is 0 Å². The Hall–Kier alpha value is -3.60. The van der Waals surface area contributed by atoms with Crippen LogP contribution in [-0.4, -0.2) is 52.8 Å². The number of aliphatic hydroxyl groups is 1. The number of hydroxylamine groups is 1. The molecule has 3 aromatic carbocycles. The lowest BCUT2D eigenvalue weighted by molar-refractivity contribution is -0.253. The molecule has 9 heteroatoms. The maximum Gasteiger partial charge on any atom is 0.243 e. The predicted octanol–water partition coefficient (Wildman–Crippen LogP) is 5.17. The summed E-state index contributed by atoms with van der Waals surface area (Å²) in [4.78, 5) is 26.0. The van der Waals surface area contributed by atoms with Crippen molar-refractivity contribution in [2.75, 3.05) is 19.6 Å². The van der Waals surface area contributed by atoms with Crippen LogP contribution in [-0.2, 0) is 32.2 Å². The van der Waals surface area contributed by atoms with Crippen LogP contribution in [0.25, 0.3) is 11.1 Å². The van der Waals surface area contributed by atoms with E-state index in [1.165, 1.54) is 19.3 Å². The van der Waals surface area contributed by atoms with E-state index in [-0.39, 0.29) is 37.6 Å². The lowest BCUT2D eigenvalue weighted by Crippen LogP contribution is -2.41. The average Bonchev–Trinajstić information content (AvgIpc) is 3.08. The molecule has 2 saturated heterocycles. The maximum absolute atomic E-state index is 12.3. The number of carbonyl (C=O) groups is 2. The highest BCUT2D eigenvalue weighted by Gasteiger charge is 2.33. The van der Waals surface area contributed by atoms with Crippen LogP contribution >= 0.6 is 0 Å². The van der Waals surface area contributed by atoms with Gasteiger partial charge in [-0.05, 0) is 60.2 Å². The first kappa shape index (κ1) is 31.8. The molecule has 0 saturated carbocycles. The van der Waals surface area contributed by atoms with Crippen LogP contribution in [0.2, 0.25) is 0 Å². The van der Waals surface area contributed by atoms with Gasteiger partial charge in [0.05, 0.1) is 18.8 Å². The van der Waals surface area contributed by atoms with E-state index in [1.54, 1.807) is 5.48 Å². The summed E-state index contributed by atoms with van der Waals surface area (Å²) in [6.07, 6.45) is 4.61. The van der Waals surface area contributed by atoms with E-state index in [4.69, 9.17) is 14.7 Å². The minimum absolute atomic E-state index is 0.0163. The first-order valence-electron chi connectivity index (χ1n) is 15.6. The Morgan fingerprint density at radius 1 is 0.841 bits per heavy atom. The lowest BCUT2D eigenvalue weighted by Gasteiger charge is -2.39. The second-order valence-electron chi connectivity index (χ2n) is 11.7. The zero-order valence-electron chi connectivity index (χ0n) is 25.1. The number of amides is 2. The molecule has 0 aromatic heterocycles. The molecule has 234 valence electrons. The molecule has 0 aliphatic carbocycles. The van der Waals surface area contributed by atoms with E-state index in [2.05, 4.69) is 34.5 Å². The highest BCUT2D eigenvalue weighted by molar-refractivity contribution is 5.78. The van der Waals surface area contributed by atoms with Gasteiger partial charge in [0.25, 0.3) is 0 Å². The zero-order valence-corrected chi connectivity index (χ0v) is 25.1. The fourth-order valence-corrected chi connectivity index (χ4v) is 5.99. The summed E-state index contributed by atoms with van der Waals surface area (Å²) in [5, 5.41) is 21.0. The Kier molecular flexibility index (Phi) is 11.5. The third kappa shape index (κ3) is 8.74. The summed E-state index contributed by atoms with van der Waals surface area (Å²) in [5.74, 6) is -0.646. The van der Waals surface area contributed by atoms with Gasteiger partial charge in [-0.15, -0.1) is 0 Å². The van der Waals surface area contributed by atoms with Crippen LogP contribution in [0.15, 0.2) is 72.8 Å². The van der Waals surface area contributed by atoms with E-state index < -0.39 is 12.2 Å². The molecule has 9 nitrogen and oxygen atoms in total. The monoisotopic (exact) mass is 601 g/mol. The molecule has 2 aliphatic rings. The molecule has 3 atom stereocenters. The topological polar surface area (TPSA) is 120 Å². The van der Waals surface area contributed by atoms with Crippen LogP contribution in [0.5, 0.6) is 0 Å². The van der Waals surface area contributed by atoms with Crippen molar-refractivity contribution in [3.05, 3.63) is 95.1 Å². The quantitative estimate of drug-likeness (QED) is 0.167. The smallest absolute Gasteiger partial charge is 0.243 e. The highest BCUT2D eigenvalue weighted by atomic mass is 16.7. The fourth-order valence-electron chi connectivity index (χ4n) is 5.99. The van der Waals surface area contributed by atoms with Gasteiger partial charge >= 0.3 is 0 Å². The van der Waals surface area contributed by atoms with Crippen molar-refractivity contribution < 1.29 is 29.4 Å². The third-order valence-corrected chi connectivity index (χ3v) is 8.45. The summed E-state index contributed by atoms with van der Waals surface area (Å²) >= 11 is 0. The van der Waals surface area contributed by atoms with Crippen molar-refractivity contribution >= 4 is 11.8 Å². The molecule has 3 unspecified atom stereocenters. The molecule has 0 bridgehead atoms. The number of aliphatic hydroxyl groups excluding tert-OH is 1. The Bertz CT molecular complexity index is 1360. The zero-order chi connectivity index (χ0) is 30.7. The van der Waals surface area contributed by atoms with E-state index in [0.717, 1.165) is 59.4 Å². The van der Waals surface area contributed by atoms with E-state index in [0.29, 0.717) is 13.0 Å². The minimum atomic E-state index is -0.502. The largest absolute Gasteiger partial charge is 0.392 e. The Morgan fingerprint density at radius 2 is 1.55 bits per heavy atom. The van der Waals surface area contributed by atoms with Crippen molar-refractivity contribution in [1.82, 2.24) is 15.7 Å². The number of nitrogens with one attached hydrogen (secondary N) is 2. The number of benzene rings is 3. The molecular formula is C35H43N3O6. The lowest BCUT2D eigenvalue weighted by atomic mass is 9.97. The number of rotatable bonds is 12. The average molecular weight is 602 g/mol. The van der Waals surface area contributed by atoms with Gasteiger partial charge in [0.15, 0.2) is 6.29 Å². The van der Waals surface area contributed by atoms with E-state index in [9.17, 15) is 14.7 Å². The van der Waals surface area contributed by atoms with Gasteiger partial charge in [-0.2, -0.15) is 0 Å². The number of hydrogen-bond acceptors (Lipinski definition) is 7. The first-order chi connectivity index (χ1) is 21.5. The van der Waals surface area contributed by atoms with Gasteiger partial charge in [0.2, 0.25) is 11.8 Å². The summed E-state index contributed by atoms with van der Waals surface area (Å²) < 4.78 is 13.1. The number of piperidine rings is 1. The van der Waals surface area contributed by atoms with Gasteiger partial charge in [0, 0.05) is 37.9 Å². The standard InChI is InChI=1S/C35H43N3O6/c39-24-25-11-13-27(14-12-25)32-21-30(23-38-19-4-1-5-20-38)43-35(44-32)28-17-15-26(16-18-28)31-8-3-2-7-29(31)22-36-33(40)9-6-10-34(41)37-42/h2-3,7-8,11-18,30,32,35,39,42H,1,4-6,9-10,19-24H2,(H,36,40)(H,37,41). The Balaban J connectivity index is 1.27. The van der Waals surface area contributed by atoms with Crippen LogP contribution in [0.4, 0.5) is 0 Å². The Labute approximate surface area is 259 Å². The molecule has 5 rings (SSSR count). The fraction of sp³-hybridized carbons (Fsp3) is 0.429. The maximum atomic E-state index is 12.3. The van der Waals surface area contributed by atoms with Crippen LogP contribution < -0.4 is 10.8 Å². The van der Waals surface area contributed by atoms with Gasteiger partial charge < -0.3 is 24.8 Å². The second kappa shape index (κ2) is 15.9. The van der Waals surface area contributed by atoms with Crippen molar-refractivity contribution in [2.45, 2.75) is 76.6 Å². The van der Waals surface area contributed by atoms with Gasteiger partial charge in [0.1, 0.15) is 0 Å². The van der Waals surface area contributed by atoms with Crippen LogP contribution in [0.3, 0.4) is 0 Å². The van der Waals surface area contributed by atoms with Crippen molar-refractivity contribution in [3.8, 4) is 11.1 Å². The van der Waals surface area contributed by atoms with E-state index >= 15 is 0 Å². The predicted molar refractivity (Wildman–Crippen MR) is 166 cm³/mol. The molecule has 4 N–H and O–H groups in total. The van der Waals surface area contributed by atoms with Crippen LogP contribution in [0.1, 0.15) is 79.6 Å². The molecule has 2 aliphatic heterocycles. The molecule has 2 amide bonds. The molecule has 2 heterocycles. The van der Waals surface area contributed by atoms with Gasteiger partial charge in [-0.1, -0.05) is 79.2 Å². The first-order valence-corrected chi connectivity index (χ1v) is 15.6. The molecular weight excluding hydrogens is 558 g/mol. The Morgan fingerprint density at radius 3 is 2.27 bits per heavy atom. The number of carbonyl (C=O) groups excluding carboxylic acids is 2. The van der Waals surface area contributed by atoms with Gasteiger partial charge in [-0.3, -0.25) is 14.8 Å². The number of nitrogens with zero attached hydrogens (tertiary/aromatic N) is 1. The summed E-state index contributed by atoms with van der Waals surface area (Å²) in [6, 6.07) is 24.2. The highest BCUT2D eigenvalue weighted by Crippen LogP contribution is 2.39. The van der Waals surface area contributed by atoms with Gasteiger partial charge in [-0.25, -0.2) is 5.48 Å². The number of ether oxygens (including phenoxy) is 2. The number of hydrogen-bond donors (Lipinski definition) is 4. The van der Waals surface area contributed by atoms with Crippen molar-refractivity contribution in [3.63, 3.8) is 0 Å². The third-order valence-electron chi connectivity index (χ3n) is 8.45. The van der Waals surface area contributed by atoms with Crippen molar-refractivity contribution in [2.24, 2.45) is 0 Å². The molecule has 0 radical (unpaired) electrons. The number of likely N-dealkylation sites (tertiary alicyclic amines) is 1. The SMILES string of the molecule is O=C(CCCC(=O)NCc1ccccc1-c1ccc(C2OC(CN3CCCCC3)CC(c3ccc(CO)cc3)O2)cc1)NO. The summed E-state index contributed by atoms with van der Waals surface area (Å²) in [7, 11) is 0. The molecule has 0 spiro atoms. The van der Waals surface area contributed by atoms with Crippen molar-refractivity contribution in [1.29, 1.82) is 0 Å². The molecule has 2 fully saturated rings. The minimum Gasteiger partial charge on any atom is -0.392 e. The summed E-state index contributed by atoms with van der Waals surface area (Å²) in [6.45, 7) is 3.49. The van der Waals surface area contributed by atoms with E-state index in [1.807, 2.05) is 48.5 Å².